The monoisotopic (exact) mass is 686 g/mol. The summed E-state index contributed by atoms with van der Waals surface area (Å²) < 4.78 is 2.34. The number of fused-ring (bicyclic) bond motifs is 8. The van der Waals surface area contributed by atoms with Gasteiger partial charge in [0.15, 0.2) is 0 Å². The molecule has 2 heteroatoms. The lowest BCUT2D eigenvalue weighted by Crippen LogP contribution is -2.12. The van der Waals surface area contributed by atoms with Crippen LogP contribution in [-0.4, -0.2) is 4.57 Å². The summed E-state index contributed by atoms with van der Waals surface area (Å²) in [7, 11) is 0. The van der Waals surface area contributed by atoms with E-state index in [-0.39, 0.29) is 0 Å². The first kappa shape index (κ1) is 30.5. The third-order valence-electron chi connectivity index (χ3n) is 11.3. The number of aryl methyl sites for hydroxylation is 2. The van der Waals surface area contributed by atoms with Crippen LogP contribution in [0.5, 0.6) is 0 Å². The minimum Gasteiger partial charge on any atom is -0.310 e. The second-order valence-corrected chi connectivity index (χ2v) is 14.3. The van der Waals surface area contributed by atoms with Crippen LogP contribution >= 0.6 is 0 Å². The highest BCUT2D eigenvalue weighted by Crippen LogP contribution is 2.45. The molecule has 252 valence electrons. The van der Waals surface area contributed by atoms with Gasteiger partial charge in [0.25, 0.3) is 0 Å². The topological polar surface area (TPSA) is 8.17 Å². The van der Waals surface area contributed by atoms with Crippen LogP contribution < -0.4 is 4.90 Å². The molecule has 9 aromatic carbocycles. The van der Waals surface area contributed by atoms with Crippen molar-refractivity contribution < 1.29 is 0 Å². The average Bonchev–Trinajstić information content (AvgIpc) is 3.56. The van der Waals surface area contributed by atoms with E-state index in [0.717, 1.165) is 57.8 Å². The molecule has 54 heavy (non-hydrogen) atoms. The maximum atomic E-state index is 3.54. The first-order chi connectivity index (χ1) is 26.8. The summed E-state index contributed by atoms with van der Waals surface area (Å²) in [6, 6.07) is 73.3. The molecule has 0 atom stereocenters. The normalized spacial score (nSPS) is 12.1. The van der Waals surface area contributed by atoms with Gasteiger partial charge in [-0.3, -0.25) is 0 Å². The summed E-state index contributed by atoms with van der Waals surface area (Å²) in [5.41, 5.74) is 14.5. The Hall–Kier alpha value is -7.08. The number of benzene rings is 8. The molecule has 0 saturated heterocycles. The first-order valence-corrected chi connectivity index (χ1v) is 18.7. The zero-order valence-electron chi connectivity index (χ0n) is 29.6. The summed E-state index contributed by atoms with van der Waals surface area (Å²) in [5, 5.41) is 7.27. The third-order valence-corrected chi connectivity index (χ3v) is 11.3. The van der Waals surface area contributed by atoms with Gasteiger partial charge < -0.3 is 9.47 Å². The number of para-hydroxylation sites is 1. The quantitative estimate of drug-likeness (QED) is 0.175. The fourth-order valence-electron chi connectivity index (χ4n) is 8.79. The highest BCUT2D eigenvalue weighted by Gasteiger charge is 2.22. The number of rotatable bonds is 5. The molecule has 10 aromatic rings. The lowest BCUT2D eigenvalue weighted by molar-refractivity contribution is 0.941. The summed E-state index contributed by atoms with van der Waals surface area (Å²) in [6.07, 6.45) is 2.08. The van der Waals surface area contributed by atoms with Crippen molar-refractivity contribution in [3.8, 4) is 27.9 Å². The predicted molar refractivity (Wildman–Crippen MR) is 226 cm³/mol. The van der Waals surface area contributed by atoms with Crippen molar-refractivity contribution in [2.24, 2.45) is 0 Å². The Morgan fingerprint density at radius 1 is 0.481 bits per heavy atom. The Morgan fingerprint density at radius 3 is 2.09 bits per heavy atom. The fraction of sp³-hybridized carbons (Fsp3) is 0.0385. The minimum absolute atomic E-state index is 1.02. The van der Waals surface area contributed by atoms with Crippen LogP contribution in [0.3, 0.4) is 0 Å². The van der Waals surface area contributed by atoms with Gasteiger partial charge in [0.05, 0.1) is 11.2 Å². The van der Waals surface area contributed by atoms with Gasteiger partial charge >= 0.3 is 0 Å². The molecule has 0 amide bonds. The smallest absolute Gasteiger partial charge is 0.106 e. The molecule has 0 N–H and O–H groups in total. The molecule has 11 rings (SSSR count). The van der Waals surface area contributed by atoms with Crippen molar-refractivity contribution in [1.82, 2.24) is 4.57 Å². The molecule has 1 aromatic heterocycles. The zero-order chi connectivity index (χ0) is 35.6. The van der Waals surface area contributed by atoms with Crippen LogP contribution in [0.15, 0.2) is 182 Å². The molecule has 1 heterocycles. The van der Waals surface area contributed by atoms with E-state index in [0.29, 0.717) is 0 Å². The molecule has 2 nitrogen and oxygen atoms in total. The summed E-state index contributed by atoms with van der Waals surface area (Å²) in [6.45, 7) is 0. The van der Waals surface area contributed by atoms with Crippen molar-refractivity contribution >= 4 is 60.4 Å². The maximum Gasteiger partial charge on any atom is 0.106 e. The van der Waals surface area contributed by atoms with E-state index in [1.165, 1.54) is 54.6 Å². The second kappa shape index (κ2) is 12.3. The van der Waals surface area contributed by atoms with Gasteiger partial charge in [0, 0.05) is 38.8 Å². The summed E-state index contributed by atoms with van der Waals surface area (Å²) >= 11 is 0. The maximum absolute atomic E-state index is 3.54. The SMILES string of the molecule is c1cc(-c2cccc(N(c3ccc4c(c3)CCc3ccccc3-4)c3cccc4ccccc34)c2)c2c3cc4ccccc4cc3n(-c3ccccc3)c2c#1. The van der Waals surface area contributed by atoms with Gasteiger partial charge in [0.2, 0.25) is 0 Å². The molecule has 0 fully saturated rings. The van der Waals surface area contributed by atoms with Gasteiger partial charge in [-0.15, -0.1) is 0 Å². The molecule has 0 saturated carbocycles. The van der Waals surface area contributed by atoms with Gasteiger partial charge in [-0.05, 0) is 124 Å². The largest absolute Gasteiger partial charge is 0.310 e. The van der Waals surface area contributed by atoms with E-state index in [1.807, 2.05) is 0 Å². The van der Waals surface area contributed by atoms with E-state index in [4.69, 9.17) is 0 Å². The number of nitrogens with zero attached hydrogens (tertiary/aromatic N) is 2. The molecular weight excluding hydrogens is 653 g/mol. The Morgan fingerprint density at radius 2 is 1.19 bits per heavy atom. The van der Waals surface area contributed by atoms with Crippen LogP contribution in [-0.2, 0) is 12.8 Å². The number of anilines is 3. The number of hydrogen-bond donors (Lipinski definition) is 0. The first-order valence-electron chi connectivity index (χ1n) is 18.7. The van der Waals surface area contributed by atoms with Crippen molar-refractivity contribution in [3.63, 3.8) is 0 Å². The minimum atomic E-state index is 1.02. The Labute approximate surface area is 314 Å². The second-order valence-electron chi connectivity index (χ2n) is 14.3. The molecule has 0 aliphatic heterocycles. The Balaban J connectivity index is 1.14. The third kappa shape index (κ3) is 4.83. The molecule has 1 aliphatic rings. The van der Waals surface area contributed by atoms with Crippen LogP contribution in [0.1, 0.15) is 11.1 Å². The van der Waals surface area contributed by atoms with Gasteiger partial charge in [-0.1, -0.05) is 127 Å². The van der Waals surface area contributed by atoms with E-state index in [1.54, 1.807) is 0 Å². The van der Waals surface area contributed by atoms with Gasteiger partial charge in [-0.25, -0.2) is 0 Å². The van der Waals surface area contributed by atoms with E-state index >= 15 is 0 Å². The molecule has 0 bridgehead atoms. The zero-order valence-corrected chi connectivity index (χ0v) is 29.6. The molecule has 0 unspecified atom stereocenters. The Kier molecular flexibility index (Phi) is 6.94. The van der Waals surface area contributed by atoms with Crippen LogP contribution in [0.25, 0.3) is 71.3 Å². The summed E-state index contributed by atoms with van der Waals surface area (Å²) in [5.74, 6) is 0. The van der Waals surface area contributed by atoms with E-state index < -0.39 is 0 Å². The van der Waals surface area contributed by atoms with Crippen LogP contribution in [0.4, 0.5) is 17.1 Å². The van der Waals surface area contributed by atoms with Crippen LogP contribution in [0, 0.1) is 12.1 Å². The van der Waals surface area contributed by atoms with Crippen LogP contribution in [0.2, 0.25) is 0 Å². The molecule has 1 aliphatic carbocycles. The summed E-state index contributed by atoms with van der Waals surface area (Å²) in [4.78, 5) is 2.45. The number of aromatic nitrogens is 1. The molecular formula is C52H34N2. The van der Waals surface area contributed by atoms with Crippen molar-refractivity contribution in [2.75, 3.05) is 4.90 Å². The molecule has 0 spiro atoms. The van der Waals surface area contributed by atoms with Gasteiger partial charge in [-0.2, -0.15) is 0 Å². The standard InChI is InChI=1S/C52H34N2/c1-2-19-41(20-3-1)54-50-26-12-24-47(52(50)48-33-37-15-4-5-16-38(37)34-51(48)54)39-18-10-21-42(31-39)53(49-25-11-17-35-13-7-9-23-46(35)49)43-29-30-45-40(32-43)28-27-36-14-6-8-22-44(36)45/h1-11,13-25,29-34H,27-28H2. The number of hydrogen-bond acceptors (Lipinski definition) is 1. The lowest BCUT2D eigenvalue weighted by atomic mass is 9.85. The van der Waals surface area contributed by atoms with Crippen molar-refractivity contribution in [1.29, 1.82) is 0 Å². The van der Waals surface area contributed by atoms with E-state index in [2.05, 4.69) is 204 Å². The highest BCUT2D eigenvalue weighted by molar-refractivity contribution is 6.18. The van der Waals surface area contributed by atoms with Gasteiger partial charge in [0.1, 0.15) is 5.52 Å². The van der Waals surface area contributed by atoms with Crippen molar-refractivity contribution in [2.45, 2.75) is 12.8 Å². The predicted octanol–water partition coefficient (Wildman–Crippen LogP) is 13.6. The Bertz CT molecular complexity index is 3050. The highest BCUT2D eigenvalue weighted by atomic mass is 15.1. The fourth-order valence-corrected chi connectivity index (χ4v) is 8.79. The lowest BCUT2D eigenvalue weighted by Gasteiger charge is -2.29. The molecule has 0 radical (unpaired) electrons. The van der Waals surface area contributed by atoms with E-state index in [9.17, 15) is 0 Å². The average molecular weight is 687 g/mol. The van der Waals surface area contributed by atoms with Crippen molar-refractivity contribution in [3.05, 3.63) is 205 Å².